The molecule has 1 amide bonds. The van der Waals surface area contributed by atoms with Gasteiger partial charge in [-0.15, -0.1) is 0 Å². The lowest BCUT2D eigenvalue weighted by Crippen LogP contribution is -2.43. The van der Waals surface area contributed by atoms with Gasteiger partial charge < -0.3 is 10.1 Å². The van der Waals surface area contributed by atoms with Gasteiger partial charge in [-0.3, -0.25) is 15.6 Å². The Bertz CT molecular complexity index is 525. The second-order valence-electron chi connectivity index (χ2n) is 3.67. The standard InChI is InChI=1S/C12H14N4O2S/c1-8-3-4-10(18-2)9(7-8)14-12(19)16-15-11(17)5-6-13/h3-4,7H,5H2,1-2H3,(H,15,17)(H2,14,16,19). The smallest absolute Gasteiger partial charge is 0.252 e. The first-order valence-electron chi connectivity index (χ1n) is 5.44. The summed E-state index contributed by atoms with van der Waals surface area (Å²) in [7, 11) is 1.56. The molecule has 0 heterocycles. The molecule has 0 radical (unpaired) electrons. The van der Waals surface area contributed by atoms with Crippen LogP contribution in [0.1, 0.15) is 12.0 Å². The van der Waals surface area contributed by atoms with Crippen molar-refractivity contribution in [2.45, 2.75) is 13.3 Å². The largest absolute Gasteiger partial charge is 0.495 e. The third-order valence-corrected chi connectivity index (χ3v) is 2.36. The summed E-state index contributed by atoms with van der Waals surface area (Å²) < 4.78 is 5.19. The summed E-state index contributed by atoms with van der Waals surface area (Å²) in [5.41, 5.74) is 6.53. The van der Waals surface area contributed by atoms with Crippen LogP contribution in [0, 0.1) is 18.3 Å². The van der Waals surface area contributed by atoms with E-state index in [0.29, 0.717) is 11.4 Å². The van der Waals surface area contributed by atoms with Crippen molar-refractivity contribution in [1.82, 2.24) is 10.9 Å². The van der Waals surface area contributed by atoms with Crippen molar-refractivity contribution in [2.24, 2.45) is 0 Å². The fraction of sp³-hybridized carbons (Fsp3) is 0.250. The molecule has 0 aliphatic heterocycles. The Hall–Kier alpha value is -2.33. The maximum absolute atomic E-state index is 11.1. The first kappa shape index (κ1) is 14.7. The van der Waals surface area contributed by atoms with Crippen LogP contribution in [-0.2, 0) is 4.79 Å². The molecule has 0 fully saturated rings. The van der Waals surface area contributed by atoms with Gasteiger partial charge >= 0.3 is 0 Å². The van der Waals surface area contributed by atoms with Crippen molar-refractivity contribution in [3.05, 3.63) is 23.8 Å². The van der Waals surface area contributed by atoms with Gasteiger partial charge in [-0.05, 0) is 36.8 Å². The zero-order valence-corrected chi connectivity index (χ0v) is 11.4. The molecule has 0 spiro atoms. The highest BCUT2D eigenvalue weighted by molar-refractivity contribution is 7.80. The van der Waals surface area contributed by atoms with Crippen molar-refractivity contribution in [3.8, 4) is 11.8 Å². The highest BCUT2D eigenvalue weighted by Crippen LogP contribution is 2.24. The number of rotatable bonds is 3. The van der Waals surface area contributed by atoms with E-state index in [4.69, 9.17) is 22.2 Å². The van der Waals surface area contributed by atoms with Crippen LogP contribution in [0.25, 0.3) is 0 Å². The molecule has 0 saturated heterocycles. The van der Waals surface area contributed by atoms with E-state index in [0.717, 1.165) is 5.56 Å². The number of hydrogen-bond acceptors (Lipinski definition) is 4. The van der Waals surface area contributed by atoms with E-state index in [9.17, 15) is 4.79 Å². The molecule has 3 N–H and O–H groups in total. The predicted octanol–water partition coefficient (Wildman–Crippen LogP) is 1.23. The molecular formula is C12H14N4O2S. The van der Waals surface area contributed by atoms with Gasteiger partial charge in [-0.2, -0.15) is 5.26 Å². The number of carbonyl (C=O) groups is 1. The molecular weight excluding hydrogens is 264 g/mol. The number of hydrogen-bond donors (Lipinski definition) is 3. The van der Waals surface area contributed by atoms with Crippen molar-refractivity contribution in [1.29, 1.82) is 5.26 Å². The number of carbonyl (C=O) groups excluding carboxylic acids is 1. The Morgan fingerprint density at radius 3 is 2.84 bits per heavy atom. The second-order valence-corrected chi connectivity index (χ2v) is 4.07. The highest BCUT2D eigenvalue weighted by Gasteiger charge is 2.06. The minimum atomic E-state index is -0.456. The van der Waals surface area contributed by atoms with Gasteiger partial charge in [0, 0.05) is 0 Å². The van der Waals surface area contributed by atoms with Crippen LogP contribution in [0.4, 0.5) is 5.69 Å². The van der Waals surface area contributed by atoms with Gasteiger partial charge in [0.05, 0.1) is 18.9 Å². The minimum Gasteiger partial charge on any atom is -0.495 e. The number of methoxy groups -OCH3 is 1. The van der Waals surface area contributed by atoms with Crippen LogP contribution in [0.5, 0.6) is 5.75 Å². The zero-order valence-electron chi connectivity index (χ0n) is 10.6. The fourth-order valence-corrected chi connectivity index (χ4v) is 1.48. The van der Waals surface area contributed by atoms with E-state index in [2.05, 4.69) is 16.2 Å². The molecule has 19 heavy (non-hydrogen) atoms. The van der Waals surface area contributed by atoms with Gasteiger partial charge in [0.25, 0.3) is 5.91 Å². The monoisotopic (exact) mass is 278 g/mol. The third kappa shape index (κ3) is 4.81. The minimum absolute atomic E-state index is 0.204. The lowest BCUT2D eigenvalue weighted by atomic mass is 10.2. The molecule has 7 heteroatoms. The highest BCUT2D eigenvalue weighted by atomic mass is 32.1. The van der Waals surface area contributed by atoms with Crippen LogP contribution >= 0.6 is 12.2 Å². The SMILES string of the molecule is COc1ccc(C)cc1NC(=S)NNC(=O)CC#N. The van der Waals surface area contributed by atoms with E-state index in [1.807, 2.05) is 25.1 Å². The number of anilines is 1. The molecule has 0 atom stereocenters. The quantitative estimate of drug-likeness (QED) is 0.569. The van der Waals surface area contributed by atoms with E-state index >= 15 is 0 Å². The van der Waals surface area contributed by atoms with Crippen molar-refractivity contribution in [3.63, 3.8) is 0 Å². The van der Waals surface area contributed by atoms with Gasteiger partial charge in [-0.25, -0.2) is 0 Å². The molecule has 0 aromatic heterocycles. The van der Waals surface area contributed by atoms with Crippen LogP contribution in [0.2, 0.25) is 0 Å². The maximum Gasteiger partial charge on any atom is 0.252 e. The Balaban J connectivity index is 2.60. The van der Waals surface area contributed by atoms with E-state index < -0.39 is 5.91 Å². The number of nitrogens with zero attached hydrogens (tertiary/aromatic N) is 1. The topological polar surface area (TPSA) is 86.2 Å². The number of nitrogens with one attached hydrogen (secondary N) is 3. The number of aryl methyl sites for hydroxylation is 1. The van der Waals surface area contributed by atoms with Crippen LogP contribution < -0.4 is 20.9 Å². The normalized spacial score (nSPS) is 9.11. The molecule has 0 aliphatic carbocycles. The summed E-state index contributed by atoms with van der Waals surface area (Å²) in [4.78, 5) is 11.1. The molecule has 6 nitrogen and oxygen atoms in total. The Morgan fingerprint density at radius 2 is 2.21 bits per heavy atom. The number of nitriles is 1. The van der Waals surface area contributed by atoms with E-state index in [-0.39, 0.29) is 11.5 Å². The zero-order chi connectivity index (χ0) is 14.3. The summed E-state index contributed by atoms with van der Waals surface area (Å²) in [5.74, 6) is 0.181. The lowest BCUT2D eigenvalue weighted by molar-refractivity contribution is -0.120. The average Bonchev–Trinajstić information content (AvgIpc) is 2.37. The summed E-state index contributed by atoms with van der Waals surface area (Å²) in [6.45, 7) is 1.94. The van der Waals surface area contributed by atoms with Crippen LogP contribution in [0.3, 0.4) is 0 Å². The van der Waals surface area contributed by atoms with E-state index in [1.54, 1.807) is 13.2 Å². The number of thiocarbonyl (C=S) groups is 1. The molecule has 0 saturated carbocycles. The fourth-order valence-electron chi connectivity index (χ4n) is 1.32. The summed E-state index contributed by atoms with van der Waals surface area (Å²) >= 11 is 5.01. The molecule has 0 unspecified atom stereocenters. The van der Waals surface area contributed by atoms with Gasteiger partial charge in [0.15, 0.2) is 5.11 Å². The van der Waals surface area contributed by atoms with Crippen molar-refractivity contribution >= 4 is 28.9 Å². The molecule has 1 rings (SSSR count). The summed E-state index contributed by atoms with van der Waals surface area (Å²) in [6.07, 6.45) is -0.233. The third-order valence-electron chi connectivity index (χ3n) is 2.16. The predicted molar refractivity (Wildman–Crippen MR) is 75.5 cm³/mol. The lowest BCUT2D eigenvalue weighted by Gasteiger charge is -2.14. The molecule has 0 aliphatic rings. The summed E-state index contributed by atoms with van der Waals surface area (Å²) in [6, 6.07) is 7.32. The molecule has 1 aromatic rings. The van der Waals surface area contributed by atoms with Crippen LogP contribution in [-0.4, -0.2) is 18.1 Å². The number of benzene rings is 1. The molecule has 1 aromatic carbocycles. The molecule has 100 valence electrons. The van der Waals surface area contributed by atoms with Crippen LogP contribution in [0.15, 0.2) is 18.2 Å². The second kappa shape index (κ2) is 7.18. The number of hydrazine groups is 1. The van der Waals surface area contributed by atoms with Crippen molar-refractivity contribution in [2.75, 3.05) is 12.4 Å². The first-order valence-corrected chi connectivity index (χ1v) is 5.85. The van der Waals surface area contributed by atoms with E-state index in [1.165, 1.54) is 0 Å². The Kier molecular flexibility index (Phi) is 5.57. The van der Waals surface area contributed by atoms with Gasteiger partial charge in [0.2, 0.25) is 0 Å². The average molecular weight is 278 g/mol. The molecule has 0 bridgehead atoms. The summed E-state index contributed by atoms with van der Waals surface area (Å²) in [5, 5.41) is 11.4. The van der Waals surface area contributed by atoms with Gasteiger partial charge in [-0.1, -0.05) is 6.07 Å². The van der Waals surface area contributed by atoms with Crippen molar-refractivity contribution < 1.29 is 9.53 Å². The number of ether oxygens (including phenoxy) is 1. The Labute approximate surface area is 116 Å². The number of amides is 1. The first-order chi connectivity index (χ1) is 9.06. The van der Waals surface area contributed by atoms with Gasteiger partial charge in [0.1, 0.15) is 12.2 Å². The maximum atomic E-state index is 11.1. The Morgan fingerprint density at radius 1 is 1.47 bits per heavy atom.